The number of thioether (sulfide) groups is 1. The number of amidine groups is 2. The van der Waals surface area contributed by atoms with Gasteiger partial charge in [0.15, 0.2) is 5.84 Å². The van der Waals surface area contributed by atoms with Crippen LogP contribution >= 0.6 is 11.8 Å². The lowest BCUT2D eigenvalue weighted by Gasteiger charge is -2.43. The fourth-order valence-electron chi connectivity index (χ4n) is 4.91. The highest BCUT2D eigenvalue weighted by molar-refractivity contribution is 8.15. The first-order valence-corrected chi connectivity index (χ1v) is 11.8. The summed E-state index contributed by atoms with van der Waals surface area (Å²) < 4.78 is 0. The smallest absolute Gasteiger partial charge is 0.269 e. The summed E-state index contributed by atoms with van der Waals surface area (Å²) in [5, 5.41) is 25.9. The van der Waals surface area contributed by atoms with E-state index in [0.717, 1.165) is 35.1 Å². The van der Waals surface area contributed by atoms with Crippen LogP contribution in [0.5, 0.6) is 0 Å². The second-order valence-corrected chi connectivity index (χ2v) is 9.68. The molecular formula is C22H23N7O2S. The Bertz CT molecular complexity index is 1100. The Balaban J connectivity index is 1.38. The molecule has 4 aliphatic rings. The fourth-order valence-corrected chi connectivity index (χ4v) is 6.14. The first-order valence-electron chi connectivity index (χ1n) is 10.9. The normalized spacial score (nSPS) is 25.6. The molecule has 1 aliphatic carbocycles. The average Bonchev–Trinajstić information content (AvgIpc) is 3.36. The molecule has 9 nitrogen and oxygen atoms in total. The number of hydrogen-bond acceptors (Lipinski definition) is 9. The molecular weight excluding hydrogens is 426 g/mol. The van der Waals surface area contributed by atoms with Crippen molar-refractivity contribution in [3.8, 4) is 0 Å². The van der Waals surface area contributed by atoms with E-state index in [0.29, 0.717) is 0 Å². The number of anilines is 1. The van der Waals surface area contributed by atoms with Gasteiger partial charge in [-0.2, -0.15) is 15.6 Å². The van der Waals surface area contributed by atoms with E-state index in [1.165, 1.54) is 19.3 Å². The predicted molar refractivity (Wildman–Crippen MR) is 125 cm³/mol. The van der Waals surface area contributed by atoms with Gasteiger partial charge in [-0.05, 0) is 55.5 Å². The van der Waals surface area contributed by atoms with E-state index in [2.05, 4.69) is 15.9 Å². The summed E-state index contributed by atoms with van der Waals surface area (Å²) in [6.07, 6.45) is 5.64. The molecule has 0 aromatic heterocycles. The average molecular weight is 450 g/mol. The monoisotopic (exact) mass is 449 g/mol. The van der Waals surface area contributed by atoms with Crippen molar-refractivity contribution in [3.63, 3.8) is 0 Å². The number of hydrazone groups is 2. The third kappa shape index (κ3) is 3.13. The molecule has 2 fully saturated rings. The molecule has 6 rings (SSSR count). The molecule has 2 unspecified atom stereocenters. The van der Waals surface area contributed by atoms with Crippen LogP contribution in [0.2, 0.25) is 0 Å². The second kappa shape index (κ2) is 7.49. The van der Waals surface area contributed by atoms with Gasteiger partial charge in [0.2, 0.25) is 5.17 Å². The Labute approximate surface area is 189 Å². The SMILES string of the molecule is O=[N+]([O-])c1ccc(C2C3SC4=NNC5(CCCCC5)NN4C3=NN2c2ccccc2)cc1. The maximum Gasteiger partial charge on any atom is 0.269 e. The molecule has 164 valence electrons. The molecule has 3 aliphatic heterocycles. The summed E-state index contributed by atoms with van der Waals surface area (Å²) in [5.41, 5.74) is 8.91. The van der Waals surface area contributed by atoms with Crippen LogP contribution in [0.1, 0.15) is 43.7 Å². The number of para-hydroxylation sites is 1. The fraction of sp³-hybridized carbons (Fsp3) is 0.364. The topological polar surface area (TPSA) is 98.4 Å². The van der Waals surface area contributed by atoms with Crippen molar-refractivity contribution in [2.45, 2.75) is 49.1 Å². The molecule has 10 heteroatoms. The number of fused-ring (bicyclic) bond motifs is 3. The Morgan fingerprint density at radius 2 is 1.81 bits per heavy atom. The largest absolute Gasteiger partial charge is 0.286 e. The first-order chi connectivity index (χ1) is 15.6. The van der Waals surface area contributed by atoms with Gasteiger partial charge in [0.25, 0.3) is 5.69 Å². The summed E-state index contributed by atoms with van der Waals surface area (Å²) >= 11 is 1.67. The van der Waals surface area contributed by atoms with Gasteiger partial charge < -0.3 is 0 Å². The van der Waals surface area contributed by atoms with E-state index in [-0.39, 0.29) is 27.6 Å². The van der Waals surface area contributed by atoms with Crippen molar-refractivity contribution in [2.24, 2.45) is 10.2 Å². The highest BCUT2D eigenvalue weighted by atomic mass is 32.2. The van der Waals surface area contributed by atoms with E-state index < -0.39 is 0 Å². The Hall–Kier alpha value is -3.11. The van der Waals surface area contributed by atoms with Gasteiger partial charge in [-0.25, -0.2) is 5.01 Å². The maximum absolute atomic E-state index is 11.2. The van der Waals surface area contributed by atoms with Crippen LogP contribution in [-0.2, 0) is 0 Å². The highest BCUT2D eigenvalue weighted by Gasteiger charge is 2.52. The third-order valence-electron chi connectivity index (χ3n) is 6.53. The molecule has 3 heterocycles. The summed E-state index contributed by atoms with van der Waals surface area (Å²) in [6.45, 7) is 0. The van der Waals surface area contributed by atoms with Gasteiger partial charge in [-0.3, -0.25) is 20.5 Å². The van der Waals surface area contributed by atoms with E-state index in [1.807, 2.05) is 47.5 Å². The predicted octanol–water partition coefficient (Wildman–Crippen LogP) is 3.93. The maximum atomic E-state index is 11.2. The summed E-state index contributed by atoms with van der Waals surface area (Å²) in [7, 11) is 0. The van der Waals surface area contributed by atoms with E-state index in [9.17, 15) is 10.1 Å². The van der Waals surface area contributed by atoms with Crippen molar-refractivity contribution in [1.82, 2.24) is 15.9 Å². The van der Waals surface area contributed by atoms with Crippen LogP contribution in [0.25, 0.3) is 0 Å². The lowest BCUT2D eigenvalue weighted by Crippen LogP contribution is -2.66. The van der Waals surface area contributed by atoms with Crippen molar-refractivity contribution in [2.75, 3.05) is 5.01 Å². The van der Waals surface area contributed by atoms with Gasteiger partial charge in [0.1, 0.15) is 10.9 Å². The molecule has 32 heavy (non-hydrogen) atoms. The lowest BCUT2D eigenvalue weighted by atomic mass is 9.90. The zero-order valence-corrected chi connectivity index (χ0v) is 18.2. The number of rotatable bonds is 3. The van der Waals surface area contributed by atoms with Crippen LogP contribution in [0.3, 0.4) is 0 Å². The molecule has 1 spiro atoms. The number of hydrogen-bond donors (Lipinski definition) is 2. The standard InChI is InChI=1S/C22H23N7O2S/c30-29(31)17-11-9-15(10-12-17)18-19-20(24-27(18)16-7-3-1-4-8-16)28-21(32-19)23-25-22(26-28)13-5-2-6-14-22/h1,3-4,7-12,18-19,25-26H,2,5-6,13-14H2. The van der Waals surface area contributed by atoms with E-state index in [1.54, 1.807) is 23.9 Å². The molecule has 0 radical (unpaired) electrons. The molecule has 0 amide bonds. The minimum atomic E-state index is -0.367. The number of nitrogens with zero attached hydrogens (tertiary/aromatic N) is 5. The van der Waals surface area contributed by atoms with Gasteiger partial charge in [-0.15, -0.1) is 0 Å². The molecule has 0 bridgehead atoms. The quantitative estimate of drug-likeness (QED) is 0.541. The van der Waals surface area contributed by atoms with Crippen molar-refractivity contribution in [3.05, 3.63) is 70.3 Å². The number of non-ortho nitro benzene ring substituents is 1. The summed E-state index contributed by atoms with van der Waals surface area (Å²) in [4.78, 5) is 10.8. The van der Waals surface area contributed by atoms with Crippen molar-refractivity contribution < 1.29 is 4.92 Å². The molecule has 2 atom stereocenters. The highest BCUT2D eigenvalue weighted by Crippen LogP contribution is 2.47. The minimum absolute atomic E-state index is 0.0171. The van der Waals surface area contributed by atoms with Gasteiger partial charge in [0, 0.05) is 12.1 Å². The first kappa shape index (κ1) is 19.6. The second-order valence-electron chi connectivity index (χ2n) is 8.57. The van der Waals surface area contributed by atoms with Gasteiger partial charge in [-0.1, -0.05) is 36.4 Å². The summed E-state index contributed by atoms with van der Waals surface area (Å²) in [5.74, 6) is 0.924. The third-order valence-corrected chi connectivity index (χ3v) is 7.74. The Morgan fingerprint density at radius 1 is 1.06 bits per heavy atom. The molecule has 1 saturated carbocycles. The van der Waals surface area contributed by atoms with Crippen LogP contribution in [0, 0.1) is 10.1 Å². The lowest BCUT2D eigenvalue weighted by molar-refractivity contribution is -0.384. The van der Waals surface area contributed by atoms with Crippen molar-refractivity contribution in [1.29, 1.82) is 0 Å². The van der Waals surface area contributed by atoms with Gasteiger partial charge >= 0.3 is 0 Å². The van der Waals surface area contributed by atoms with Crippen LogP contribution in [0.15, 0.2) is 64.8 Å². The molecule has 2 N–H and O–H groups in total. The van der Waals surface area contributed by atoms with Crippen LogP contribution in [-0.4, -0.2) is 31.8 Å². The van der Waals surface area contributed by atoms with Crippen LogP contribution in [0.4, 0.5) is 11.4 Å². The zero-order valence-electron chi connectivity index (χ0n) is 17.3. The van der Waals surface area contributed by atoms with Crippen LogP contribution < -0.4 is 15.9 Å². The molecule has 2 aromatic rings. The van der Waals surface area contributed by atoms with E-state index >= 15 is 0 Å². The number of benzene rings is 2. The number of hydrazine groups is 1. The number of nitro benzene ring substituents is 1. The molecule has 2 aromatic carbocycles. The summed E-state index contributed by atoms with van der Waals surface area (Å²) in [6, 6.07) is 16.8. The number of nitro groups is 1. The Kier molecular flexibility index (Phi) is 4.58. The van der Waals surface area contributed by atoms with Gasteiger partial charge in [0.05, 0.1) is 16.7 Å². The van der Waals surface area contributed by atoms with E-state index in [4.69, 9.17) is 10.2 Å². The Morgan fingerprint density at radius 3 is 2.53 bits per heavy atom. The zero-order chi connectivity index (χ0) is 21.7. The molecule has 1 saturated heterocycles. The minimum Gasteiger partial charge on any atom is -0.286 e. The van der Waals surface area contributed by atoms with Crippen molar-refractivity contribution >= 4 is 34.1 Å². The number of nitrogens with one attached hydrogen (secondary N) is 2.